The molecular weight excluding hydrogens is 615 g/mol. The Labute approximate surface area is 298 Å². The van der Waals surface area contributed by atoms with Gasteiger partial charge >= 0.3 is 0 Å². The van der Waals surface area contributed by atoms with Gasteiger partial charge in [0, 0.05) is 27.8 Å². The SMILES string of the molecule is CC1(C)c2ccccc2-c2cc3c(cc21)C(c1ccc2ccccc2c1)c1ccc(-c2ccc4c(c2)c2ccccc2n4-c2ccccc2)cc1-3. The van der Waals surface area contributed by atoms with Crippen molar-refractivity contribution >= 4 is 32.6 Å². The van der Waals surface area contributed by atoms with E-state index in [-0.39, 0.29) is 11.3 Å². The fourth-order valence-electron chi connectivity index (χ4n) is 9.38. The highest BCUT2D eigenvalue weighted by atomic mass is 15.0. The van der Waals surface area contributed by atoms with Gasteiger partial charge in [-0.1, -0.05) is 141 Å². The van der Waals surface area contributed by atoms with Crippen molar-refractivity contribution in [2.24, 2.45) is 0 Å². The quantitative estimate of drug-likeness (QED) is 0.179. The second-order valence-electron chi connectivity index (χ2n) is 14.9. The third-order valence-corrected chi connectivity index (χ3v) is 11.8. The van der Waals surface area contributed by atoms with Crippen molar-refractivity contribution in [3.05, 3.63) is 198 Å². The number of nitrogens with zero attached hydrogens (tertiary/aromatic N) is 1. The van der Waals surface area contributed by atoms with Gasteiger partial charge in [-0.2, -0.15) is 0 Å². The van der Waals surface area contributed by atoms with Gasteiger partial charge in [-0.15, -0.1) is 0 Å². The number of fused-ring (bicyclic) bond motifs is 10. The highest BCUT2D eigenvalue weighted by Crippen LogP contribution is 2.56. The van der Waals surface area contributed by atoms with E-state index >= 15 is 0 Å². The zero-order chi connectivity index (χ0) is 33.8. The van der Waals surface area contributed by atoms with Crippen LogP contribution in [0.3, 0.4) is 0 Å². The summed E-state index contributed by atoms with van der Waals surface area (Å²) in [6, 6.07) is 63.6. The topological polar surface area (TPSA) is 4.93 Å². The van der Waals surface area contributed by atoms with E-state index in [9.17, 15) is 0 Å². The fraction of sp³-hybridized carbons (Fsp3) is 0.0800. The number of hydrogen-bond acceptors (Lipinski definition) is 0. The van der Waals surface area contributed by atoms with Crippen LogP contribution in [0.25, 0.3) is 71.6 Å². The van der Waals surface area contributed by atoms with Crippen molar-refractivity contribution in [3.8, 4) is 39.1 Å². The summed E-state index contributed by atoms with van der Waals surface area (Å²) in [6.45, 7) is 4.78. The first kappa shape index (κ1) is 28.6. The Balaban J connectivity index is 1.13. The van der Waals surface area contributed by atoms with Crippen LogP contribution in [0, 0.1) is 0 Å². The van der Waals surface area contributed by atoms with Gasteiger partial charge in [-0.3, -0.25) is 0 Å². The molecule has 1 aromatic heterocycles. The molecule has 0 bridgehead atoms. The van der Waals surface area contributed by atoms with Gasteiger partial charge in [0.05, 0.1) is 11.0 Å². The summed E-state index contributed by atoms with van der Waals surface area (Å²) >= 11 is 0. The molecule has 51 heavy (non-hydrogen) atoms. The lowest BCUT2D eigenvalue weighted by atomic mass is 9.80. The molecular formula is C50H35N. The molecule has 0 aliphatic heterocycles. The van der Waals surface area contributed by atoms with Crippen LogP contribution >= 0.6 is 0 Å². The summed E-state index contributed by atoms with van der Waals surface area (Å²) in [5, 5.41) is 5.12. The van der Waals surface area contributed by atoms with Gasteiger partial charge in [0.1, 0.15) is 0 Å². The molecule has 0 radical (unpaired) electrons. The molecule has 11 rings (SSSR count). The first-order chi connectivity index (χ1) is 25.0. The average Bonchev–Trinajstić information content (AvgIpc) is 3.76. The molecule has 0 saturated heterocycles. The second kappa shape index (κ2) is 10.4. The van der Waals surface area contributed by atoms with E-state index in [4.69, 9.17) is 0 Å². The van der Waals surface area contributed by atoms with Crippen molar-refractivity contribution in [2.75, 3.05) is 0 Å². The minimum Gasteiger partial charge on any atom is -0.309 e. The molecule has 0 amide bonds. The Hall–Kier alpha value is -6.18. The van der Waals surface area contributed by atoms with E-state index in [1.54, 1.807) is 0 Å². The molecule has 0 spiro atoms. The zero-order valence-corrected chi connectivity index (χ0v) is 28.7. The Bertz CT molecular complexity index is 2890. The third kappa shape index (κ3) is 4.03. The van der Waals surface area contributed by atoms with E-state index in [1.807, 2.05) is 0 Å². The standard InChI is InChI=1S/C50H35N/c1-50(2)45-18-10-8-16-37(45)42-29-41-40-27-33(22-24-39(40)49(44(41)30-46(42)50)35-21-20-31-12-6-7-13-32(31)26-35)34-23-25-48-43(28-34)38-17-9-11-19-47(38)51(48)36-14-4-3-5-15-36/h3-30,49H,1-2H3. The molecule has 0 N–H and O–H groups in total. The van der Waals surface area contributed by atoms with Crippen LogP contribution in [0.15, 0.2) is 170 Å². The van der Waals surface area contributed by atoms with Crippen LogP contribution in [0.4, 0.5) is 0 Å². The predicted octanol–water partition coefficient (Wildman–Crippen LogP) is 13.1. The summed E-state index contributed by atoms with van der Waals surface area (Å²) in [7, 11) is 0. The van der Waals surface area contributed by atoms with Gasteiger partial charge in [-0.05, 0) is 114 Å². The number of rotatable bonds is 3. The Morgan fingerprint density at radius 2 is 1.14 bits per heavy atom. The maximum Gasteiger partial charge on any atom is 0.0541 e. The molecule has 2 aliphatic rings. The molecule has 1 unspecified atom stereocenters. The average molecular weight is 650 g/mol. The minimum absolute atomic E-state index is 0.0524. The molecule has 1 atom stereocenters. The highest BCUT2D eigenvalue weighted by molar-refractivity contribution is 6.10. The van der Waals surface area contributed by atoms with Gasteiger partial charge in [0.2, 0.25) is 0 Å². The second-order valence-corrected chi connectivity index (χ2v) is 14.9. The van der Waals surface area contributed by atoms with E-state index < -0.39 is 0 Å². The lowest BCUT2D eigenvalue weighted by molar-refractivity contribution is 0.659. The van der Waals surface area contributed by atoms with Crippen molar-refractivity contribution in [1.82, 2.24) is 4.57 Å². The van der Waals surface area contributed by atoms with E-state index in [2.05, 4.69) is 188 Å². The van der Waals surface area contributed by atoms with Crippen LogP contribution in [-0.2, 0) is 5.41 Å². The molecule has 2 aliphatic carbocycles. The summed E-state index contributed by atoms with van der Waals surface area (Å²) in [6.07, 6.45) is 0. The minimum atomic E-state index is -0.0524. The smallest absolute Gasteiger partial charge is 0.0541 e. The number of aromatic nitrogens is 1. The number of para-hydroxylation sites is 2. The lowest BCUT2D eigenvalue weighted by Gasteiger charge is -2.23. The van der Waals surface area contributed by atoms with Crippen molar-refractivity contribution < 1.29 is 0 Å². The summed E-state index contributed by atoms with van der Waals surface area (Å²) < 4.78 is 2.39. The molecule has 8 aromatic carbocycles. The molecule has 0 fully saturated rings. The first-order valence-electron chi connectivity index (χ1n) is 18.0. The molecule has 0 saturated carbocycles. The normalized spacial score (nSPS) is 15.2. The van der Waals surface area contributed by atoms with Gasteiger partial charge < -0.3 is 4.57 Å². The van der Waals surface area contributed by atoms with Crippen LogP contribution in [0.5, 0.6) is 0 Å². The predicted molar refractivity (Wildman–Crippen MR) is 214 cm³/mol. The Morgan fingerprint density at radius 1 is 0.431 bits per heavy atom. The van der Waals surface area contributed by atoms with Crippen LogP contribution < -0.4 is 0 Å². The maximum atomic E-state index is 2.55. The summed E-state index contributed by atoms with van der Waals surface area (Å²) in [5.74, 6) is 0.171. The third-order valence-electron chi connectivity index (χ3n) is 11.8. The molecule has 1 heterocycles. The first-order valence-corrected chi connectivity index (χ1v) is 18.0. The highest BCUT2D eigenvalue weighted by Gasteiger charge is 2.39. The Kier molecular flexibility index (Phi) is 5.85. The van der Waals surface area contributed by atoms with Crippen LogP contribution in [-0.4, -0.2) is 4.57 Å². The molecule has 9 aromatic rings. The van der Waals surface area contributed by atoms with Crippen molar-refractivity contribution in [2.45, 2.75) is 25.2 Å². The van der Waals surface area contributed by atoms with Gasteiger partial charge in [0.25, 0.3) is 0 Å². The monoisotopic (exact) mass is 649 g/mol. The fourth-order valence-corrected chi connectivity index (χ4v) is 9.38. The number of benzene rings is 8. The van der Waals surface area contributed by atoms with E-state index in [1.165, 1.54) is 99.5 Å². The molecule has 1 nitrogen and oxygen atoms in total. The maximum absolute atomic E-state index is 2.55. The summed E-state index contributed by atoms with van der Waals surface area (Å²) in [5.41, 5.74) is 18.5. The van der Waals surface area contributed by atoms with E-state index in [0.29, 0.717) is 0 Å². The van der Waals surface area contributed by atoms with Crippen molar-refractivity contribution in [3.63, 3.8) is 0 Å². The number of hydrogen-bond donors (Lipinski definition) is 0. The zero-order valence-electron chi connectivity index (χ0n) is 28.7. The Morgan fingerprint density at radius 3 is 2.04 bits per heavy atom. The largest absolute Gasteiger partial charge is 0.309 e. The van der Waals surface area contributed by atoms with E-state index in [0.717, 1.165) is 0 Å². The summed E-state index contributed by atoms with van der Waals surface area (Å²) in [4.78, 5) is 0. The van der Waals surface area contributed by atoms with Crippen molar-refractivity contribution in [1.29, 1.82) is 0 Å². The lowest BCUT2D eigenvalue weighted by Crippen LogP contribution is -2.15. The molecule has 1 heteroatoms. The molecule has 240 valence electrons. The van der Waals surface area contributed by atoms with Gasteiger partial charge in [0.15, 0.2) is 0 Å². The van der Waals surface area contributed by atoms with Crippen LogP contribution in [0.2, 0.25) is 0 Å². The van der Waals surface area contributed by atoms with Gasteiger partial charge in [-0.25, -0.2) is 0 Å². The van der Waals surface area contributed by atoms with Crippen LogP contribution in [0.1, 0.15) is 47.6 Å².